The third-order valence-corrected chi connectivity index (χ3v) is 13.4. The molecule has 8 rings (SSSR count). The van der Waals surface area contributed by atoms with E-state index in [0.717, 1.165) is 106 Å². The predicted octanol–water partition coefficient (Wildman–Crippen LogP) is 8.46. The minimum absolute atomic E-state index is 0.0813. The number of ether oxygens (including phenoxy) is 2. The van der Waals surface area contributed by atoms with Crippen molar-refractivity contribution >= 4 is 55.5 Å². The lowest BCUT2D eigenvalue weighted by Crippen LogP contribution is -2.47. The van der Waals surface area contributed by atoms with Crippen LogP contribution in [0.3, 0.4) is 0 Å². The Kier molecular flexibility index (Phi) is 12.0. The van der Waals surface area contributed by atoms with Crippen molar-refractivity contribution in [1.82, 2.24) is 24.8 Å². The highest BCUT2D eigenvalue weighted by molar-refractivity contribution is 7.90. The number of rotatable bonds is 12. The second-order valence-electron chi connectivity index (χ2n) is 16.8. The number of halogens is 1. The maximum absolute atomic E-state index is 13.9. The molecule has 2 aromatic heterocycles. The van der Waals surface area contributed by atoms with Gasteiger partial charge in [-0.3, -0.25) is 14.8 Å². The van der Waals surface area contributed by atoms with E-state index in [9.17, 15) is 13.2 Å². The summed E-state index contributed by atoms with van der Waals surface area (Å²) in [6, 6.07) is 20.6. The number of amides is 1. The molecule has 0 spiro atoms. The van der Waals surface area contributed by atoms with Gasteiger partial charge in [0.15, 0.2) is 0 Å². The van der Waals surface area contributed by atoms with Crippen molar-refractivity contribution in [3.8, 4) is 11.5 Å². The number of benzene rings is 3. The highest BCUT2D eigenvalue weighted by atomic mass is 35.5. The molecule has 0 atom stereocenters. The number of anilines is 2. The Morgan fingerprint density at radius 2 is 1.78 bits per heavy atom. The Hall–Kier alpha value is -4.95. The number of sulfonamides is 1. The number of piperazine rings is 1. The fourth-order valence-corrected chi connectivity index (χ4v) is 9.46. The van der Waals surface area contributed by atoms with Gasteiger partial charge in [0.1, 0.15) is 22.2 Å². The second kappa shape index (κ2) is 17.3. The van der Waals surface area contributed by atoms with Crippen LogP contribution in [0.4, 0.5) is 11.5 Å². The lowest BCUT2D eigenvalue weighted by molar-refractivity contribution is 0.0699. The van der Waals surface area contributed by atoms with Crippen LogP contribution < -0.4 is 19.7 Å². The van der Waals surface area contributed by atoms with Crippen LogP contribution in [0.2, 0.25) is 5.02 Å². The average Bonchev–Trinajstić information content (AvgIpc) is 3.72. The van der Waals surface area contributed by atoms with Crippen molar-refractivity contribution in [2.24, 2.45) is 11.3 Å². The van der Waals surface area contributed by atoms with E-state index in [4.69, 9.17) is 21.1 Å². The highest BCUT2D eigenvalue weighted by Crippen LogP contribution is 2.43. The summed E-state index contributed by atoms with van der Waals surface area (Å²) in [4.78, 5) is 23.0. The highest BCUT2D eigenvalue weighted by Gasteiger charge is 2.30. The number of carbonyl (C=O) groups excluding carboxylic acids is 1. The summed E-state index contributed by atoms with van der Waals surface area (Å²) in [5, 5.41) is 11.9. The summed E-state index contributed by atoms with van der Waals surface area (Å²) >= 11 is 6.25. The number of aromatic nitrogens is 3. The molecule has 310 valence electrons. The minimum Gasteiger partial charge on any atom is -0.456 e. The van der Waals surface area contributed by atoms with E-state index in [1.165, 1.54) is 29.0 Å². The SMILES string of the molecule is Cc1cc(S(=O)(=O)NC(=O)c2ccc(N3CCN(CC4=C(c5ccc(Cl)cc5)CC(C)(C)CC4)CC3)cc2Oc2cccc3[nH]ncc23)cnc1NCC1CCOCC1. The van der Waals surface area contributed by atoms with E-state index in [1.807, 2.05) is 36.4 Å². The molecule has 3 aliphatic rings. The molecule has 59 heavy (non-hydrogen) atoms. The van der Waals surface area contributed by atoms with Gasteiger partial charge in [-0.25, -0.2) is 18.1 Å². The molecule has 0 saturated carbocycles. The first kappa shape index (κ1) is 40.8. The first-order valence-corrected chi connectivity index (χ1v) is 22.3. The summed E-state index contributed by atoms with van der Waals surface area (Å²) in [5.41, 5.74) is 6.83. The fraction of sp³-hybridized carbons (Fsp3) is 0.400. The number of allylic oxidation sites excluding steroid dienone is 1. The van der Waals surface area contributed by atoms with E-state index in [2.05, 4.69) is 61.0 Å². The van der Waals surface area contributed by atoms with Crippen LogP contribution >= 0.6 is 11.6 Å². The van der Waals surface area contributed by atoms with Crippen LogP contribution in [0.1, 0.15) is 67.4 Å². The fourth-order valence-electron chi connectivity index (χ4n) is 8.33. The molecule has 5 aromatic rings. The number of nitrogens with one attached hydrogen (secondary N) is 3. The zero-order chi connectivity index (χ0) is 41.1. The first-order valence-electron chi connectivity index (χ1n) is 20.4. The van der Waals surface area contributed by atoms with Crippen molar-refractivity contribution in [1.29, 1.82) is 0 Å². The second-order valence-corrected chi connectivity index (χ2v) is 18.9. The summed E-state index contributed by atoms with van der Waals surface area (Å²) in [6.45, 7) is 12.9. The van der Waals surface area contributed by atoms with Crippen molar-refractivity contribution in [2.45, 2.75) is 57.8 Å². The van der Waals surface area contributed by atoms with Gasteiger partial charge in [-0.15, -0.1) is 0 Å². The van der Waals surface area contributed by atoms with Gasteiger partial charge < -0.3 is 19.7 Å². The zero-order valence-electron chi connectivity index (χ0n) is 33.9. The number of pyridine rings is 1. The van der Waals surface area contributed by atoms with E-state index in [0.29, 0.717) is 23.0 Å². The molecule has 3 aromatic carbocycles. The molecule has 1 aliphatic carbocycles. The van der Waals surface area contributed by atoms with Gasteiger partial charge in [-0.2, -0.15) is 5.10 Å². The average molecular weight is 838 g/mol. The van der Waals surface area contributed by atoms with Gasteiger partial charge in [0.05, 0.1) is 22.7 Å². The van der Waals surface area contributed by atoms with Gasteiger partial charge in [-0.1, -0.05) is 49.2 Å². The number of nitrogens with zero attached hydrogens (tertiary/aromatic N) is 4. The molecular weight excluding hydrogens is 786 g/mol. The van der Waals surface area contributed by atoms with Crippen molar-refractivity contribution in [3.63, 3.8) is 0 Å². The standard InChI is InChI=1S/C45H52ClN7O5S/c1-30-23-36(27-48-43(30)47-26-31-14-21-57-22-15-31)59(55,56)51-44(54)37-12-11-35(24-42(37)58-41-6-4-5-40-39(41)28-49-50-40)53-19-17-52(18-20-53)29-33-13-16-45(2,3)25-38(33)32-7-9-34(46)10-8-32/h4-12,23-24,27-28,31H,13-22,25-26,29H2,1-3H3,(H,47,48)(H,49,50)(H,51,54). The van der Waals surface area contributed by atoms with Crippen molar-refractivity contribution in [2.75, 3.05) is 62.7 Å². The number of carbonyl (C=O) groups is 1. The van der Waals surface area contributed by atoms with Gasteiger partial charge in [0.2, 0.25) is 0 Å². The Morgan fingerprint density at radius 3 is 2.54 bits per heavy atom. The Bertz CT molecular complexity index is 2450. The molecule has 3 N–H and O–H groups in total. The normalized spacial score (nSPS) is 17.9. The molecule has 2 fully saturated rings. The molecule has 4 heterocycles. The van der Waals surface area contributed by atoms with Gasteiger partial charge in [-0.05, 0) is 110 Å². The van der Waals surface area contributed by atoms with Gasteiger partial charge in [0, 0.05) is 75.5 Å². The smallest absolute Gasteiger partial charge is 0.268 e. The van der Waals surface area contributed by atoms with Crippen LogP contribution in [0.5, 0.6) is 11.5 Å². The quantitative estimate of drug-likeness (QED) is 0.112. The predicted molar refractivity (Wildman–Crippen MR) is 233 cm³/mol. The molecular formula is C45H52ClN7O5S. The van der Waals surface area contributed by atoms with Gasteiger partial charge >= 0.3 is 0 Å². The van der Waals surface area contributed by atoms with Crippen molar-refractivity contribution in [3.05, 3.63) is 106 Å². The Labute approximate surface area is 351 Å². The maximum Gasteiger partial charge on any atom is 0.268 e. The molecule has 2 saturated heterocycles. The van der Waals surface area contributed by atoms with Crippen LogP contribution in [0.25, 0.3) is 16.5 Å². The molecule has 14 heteroatoms. The Morgan fingerprint density at radius 1 is 1.00 bits per heavy atom. The minimum atomic E-state index is -4.28. The Balaban J connectivity index is 0.993. The van der Waals surface area contributed by atoms with Crippen LogP contribution in [-0.4, -0.2) is 86.9 Å². The summed E-state index contributed by atoms with van der Waals surface area (Å²) in [6.07, 6.45) is 8.15. The van der Waals surface area contributed by atoms with E-state index >= 15 is 0 Å². The molecule has 0 radical (unpaired) electrons. The van der Waals surface area contributed by atoms with E-state index in [1.54, 1.807) is 25.3 Å². The van der Waals surface area contributed by atoms with Crippen LogP contribution in [0, 0.1) is 18.3 Å². The summed E-state index contributed by atoms with van der Waals surface area (Å²) in [5.74, 6) is 0.984. The molecule has 12 nitrogen and oxygen atoms in total. The molecule has 1 amide bonds. The number of aromatic amines is 1. The van der Waals surface area contributed by atoms with E-state index < -0.39 is 15.9 Å². The number of aryl methyl sites for hydroxylation is 1. The lowest BCUT2D eigenvalue weighted by Gasteiger charge is -2.39. The van der Waals surface area contributed by atoms with Crippen molar-refractivity contribution < 1.29 is 22.7 Å². The third-order valence-electron chi connectivity index (χ3n) is 11.9. The largest absolute Gasteiger partial charge is 0.456 e. The van der Waals surface area contributed by atoms with Crippen LogP contribution in [-0.2, 0) is 14.8 Å². The van der Waals surface area contributed by atoms with Gasteiger partial charge in [0.25, 0.3) is 15.9 Å². The molecule has 2 aliphatic heterocycles. The molecule has 0 unspecified atom stereocenters. The van der Waals surface area contributed by atoms with E-state index in [-0.39, 0.29) is 21.6 Å². The number of hydrogen-bond donors (Lipinski definition) is 3. The zero-order valence-corrected chi connectivity index (χ0v) is 35.5. The first-order chi connectivity index (χ1) is 28.4. The topological polar surface area (TPSA) is 142 Å². The molecule has 0 bridgehead atoms. The number of fused-ring (bicyclic) bond motifs is 1. The summed E-state index contributed by atoms with van der Waals surface area (Å²) in [7, 11) is -4.28. The number of hydrogen-bond acceptors (Lipinski definition) is 10. The summed E-state index contributed by atoms with van der Waals surface area (Å²) < 4.78 is 41.5. The lowest BCUT2D eigenvalue weighted by atomic mass is 9.72. The number of H-pyrrole nitrogens is 1. The van der Waals surface area contributed by atoms with Crippen LogP contribution in [0.15, 0.2) is 89.6 Å². The third kappa shape index (κ3) is 9.59. The maximum atomic E-state index is 13.9. The monoisotopic (exact) mass is 837 g/mol.